The van der Waals surface area contributed by atoms with Gasteiger partial charge in [-0.05, 0) is 26.9 Å². The highest BCUT2D eigenvalue weighted by molar-refractivity contribution is 5.87. The number of urea groups is 1. The van der Waals surface area contributed by atoms with Gasteiger partial charge in [-0.1, -0.05) is 0 Å². The number of rotatable bonds is 5. The Morgan fingerprint density at radius 3 is 2.95 bits per heavy atom. The summed E-state index contributed by atoms with van der Waals surface area (Å²) >= 11 is 0. The van der Waals surface area contributed by atoms with E-state index in [1.165, 1.54) is 4.90 Å². The van der Waals surface area contributed by atoms with Crippen LogP contribution in [0.5, 0.6) is 0 Å². The summed E-state index contributed by atoms with van der Waals surface area (Å²) < 4.78 is 0. The zero-order valence-corrected chi connectivity index (χ0v) is 11.2. The van der Waals surface area contributed by atoms with Crippen molar-refractivity contribution in [2.75, 3.05) is 33.8 Å². The second-order valence-electron chi connectivity index (χ2n) is 5.14. The lowest BCUT2D eigenvalue weighted by Crippen LogP contribution is -2.50. The average molecular weight is 272 g/mol. The first-order valence-corrected chi connectivity index (χ1v) is 6.35. The highest BCUT2D eigenvalue weighted by Gasteiger charge is 2.46. The van der Waals surface area contributed by atoms with E-state index in [2.05, 4.69) is 5.48 Å². The zero-order chi connectivity index (χ0) is 14.0. The molecule has 2 bridgehead atoms. The molecule has 0 aromatic rings. The number of fused-ring (bicyclic) bond motifs is 2. The van der Waals surface area contributed by atoms with Crippen molar-refractivity contribution in [1.29, 1.82) is 0 Å². The van der Waals surface area contributed by atoms with Crippen LogP contribution in [0.1, 0.15) is 12.8 Å². The van der Waals surface area contributed by atoms with Crippen molar-refractivity contribution in [1.82, 2.24) is 20.3 Å². The second kappa shape index (κ2) is 5.72. The monoisotopic (exact) mass is 272 g/mol. The summed E-state index contributed by atoms with van der Waals surface area (Å²) in [6.07, 6.45) is 1.16. The van der Waals surface area contributed by atoms with Gasteiger partial charge in [-0.3, -0.25) is 14.8 Å². The van der Waals surface area contributed by atoms with Gasteiger partial charge in [0.25, 0.3) is 5.91 Å². The molecule has 8 nitrogen and oxygen atoms in total. The van der Waals surface area contributed by atoms with E-state index in [0.29, 0.717) is 32.5 Å². The van der Waals surface area contributed by atoms with Gasteiger partial charge in [0, 0.05) is 13.1 Å². The number of hydrogen-bond acceptors (Lipinski definition) is 5. The highest BCUT2D eigenvalue weighted by Crippen LogP contribution is 2.28. The number of piperidine rings is 1. The first kappa shape index (κ1) is 14.0. The van der Waals surface area contributed by atoms with Crippen LogP contribution < -0.4 is 5.48 Å². The van der Waals surface area contributed by atoms with Crippen LogP contribution in [-0.2, 0) is 9.63 Å². The molecule has 2 atom stereocenters. The summed E-state index contributed by atoms with van der Waals surface area (Å²) in [5.74, 6) is -0.333. The molecule has 19 heavy (non-hydrogen) atoms. The smallest absolute Gasteiger partial charge is 0.309 e. The van der Waals surface area contributed by atoms with Crippen LogP contribution in [0.15, 0.2) is 0 Å². The molecule has 0 unspecified atom stereocenters. The molecular weight excluding hydrogens is 252 g/mol. The third kappa shape index (κ3) is 2.96. The summed E-state index contributed by atoms with van der Waals surface area (Å²) in [7, 11) is 3.82. The topological polar surface area (TPSA) is 85.4 Å². The van der Waals surface area contributed by atoms with Gasteiger partial charge in [0.2, 0.25) is 0 Å². The van der Waals surface area contributed by atoms with Crippen LogP contribution in [0, 0.1) is 0 Å². The van der Waals surface area contributed by atoms with Gasteiger partial charge in [-0.15, -0.1) is 0 Å². The highest BCUT2D eigenvalue weighted by atomic mass is 16.7. The van der Waals surface area contributed by atoms with Crippen LogP contribution in [-0.4, -0.2) is 77.9 Å². The molecule has 2 saturated heterocycles. The first-order valence-electron chi connectivity index (χ1n) is 6.35. The van der Waals surface area contributed by atoms with Crippen molar-refractivity contribution in [2.45, 2.75) is 24.9 Å². The molecule has 2 rings (SSSR count). The fourth-order valence-corrected chi connectivity index (χ4v) is 2.34. The van der Waals surface area contributed by atoms with E-state index in [-0.39, 0.29) is 11.9 Å². The van der Waals surface area contributed by atoms with E-state index in [1.54, 1.807) is 0 Å². The maximum Gasteiger partial charge on any atom is 0.344 e. The van der Waals surface area contributed by atoms with E-state index in [9.17, 15) is 14.8 Å². The van der Waals surface area contributed by atoms with Crippen LogP contribution in [0.25, 0.3) is 0 Å². The fourth-order valence-electron chi connectivity index (χ4n) is 2.34. The molecule has 0 radical (unpaired) electrons. The molecular formula is C11H20N4O4. The van der Waals surface area contributed by atoms with E-state index in [1.807, 2.05) is 19.0 Å². The minimum Gasteiger partial charge on any atom is -0.309 e. The number of likely N-dealkylation sites (N-methyl/N-ethyl adjacent to an activating group) is 1. The van der Waals surface area contributed by atoms with Crippen LogP contribution >= 0.6 is 0 Å². The summed E-state index contributed by atoms with van der Waals surface area (Å²) in [6, 6.07) is -1.25. The Kier molecular flexibility index (Phi) is 4.23. The van der Waals surface area contributed by atoms with Gasteiger partial charge in [0.05, 0.1) is 12.6 Å². The van der Waals surface area contributed by atoms with Crippen molar-refractivity contribution in [3.8, 4) is 0 Å². The Morgan fingerprint density at radius 2 is 2.26 bits per heavy atom. The molecule has 2 N–H and O–H groups in total. The molecule has 0 spiro atoms. The Labute approximate surface area is 111 Å². The molecule has 3 amide bonds. The molecule has 2 aliphatic heterocycles. The van der Waals surface area contributed by atoms with E-state index >= 15 is 0 Å². The van der Waals surface area contributed by atoms with Crippen molar-refractivity contribution in [2.24, 2.45) is 0 Å². The average Bonchev–Trinajstić information content (AvgIpc) is 2.60. The van der Waals surface area contributed by atoms with Crippen molar-refractivity contribution in [3.05, 3.63) is 0 Å². The molecule has 108 valence electrons. The van der Waals surface area contributed by atoms with Gasteiger partial charge in [0.1, 0.15) is 6.04 Å². The number of nitrogens with zero attached hydrogens (tertiary/aromatic N) is 3. The molecule has 0 aromatic heterocycles. The second-order valence-corrected chi connectivity index (χ2v) is 5.14. The van der Waals surface area contributed by atoms with Gasteiger partial charge >= 0.3 is 6.03 Å². The van der Waals surface area contributed by atoms with Gasteiger partial charge in [0.15, 0.2) is 0 Å². The van der Waals surface area contributed by atoms with Crippen molar-refractivity contribution in [3.63, 3.8) is 0 Å². The Morgan fingerprint density at radius 1 is 1.53 bits per heavy atom. The molecule has 0 aliphatic carbocycles. The molecule has 0 aromatic carbocycles. The van der Waals surface area contributed by atoms with Crippen LogP contribution in [0.4, 0.5) is 4.79 Å². The summed E-state index contributed by atoms with van der Waals surface area (Å²) in [4.78, 5) is 32.0. The van der Waals surface area contributed by atoms with Gasteiger partial charge in [-0.25, -0.2) is 15.3 Å². The molecule has 0 saturated carbocycles. The number of hydroxylamine groups is 3. The van der Waals surface area contributed by atoms with E-state index in [0.717, 1.165) is 5.06 Å². The SMILES string of the molecule is CN(C)CCONC(=O)[C@@H]1CC[C@@H]2CN1C(=O)N2O. The maximum atomic E-state index is 11.9. The summed E-state index contributed by atoms with van der Waals surface area (Å²) in [6.45, 7) is 1.47. The quantitative estimate of drug-likeness (QED) is 0.391. The predicted molar refractivity (Wildman–Crippen MR) is 65.2 cm³/mol. The fraction of sp³-hybridized carbons (Fsp3) is 0.818. The van der Waals surface area contributed by atoms with Crippen molar-refractivity contribution < 1.29 is 19.6 Å². The summed E-state index contributed by atoms with van der Waals surface area (Å²) in [5.41, 5.74) is 2.37. The van der Waals surface area contributed by atoms with E-state index in [4.69, 9.17) is 4.84 Å². The van der Waals surface area contributed by atoms with Gasteiger partial charge in [-0.2, -0.15) is 0 Å². The lowest BCUT2D eigenvalue weighted by atomic mass is 10.0. The molecule has 2 fully saturated rings. The predicted octanol–water partition coefficient (Wildman–Crippen LogP) is -0.746. The largest absolute Gasteiger partial charge is 0.344 e. The summed E-state index contributed by atoms with van der Waals surface area (Å²) in [5, 5.41) is 10.2. The zero-order valence-electron chi connectivity index (χ0n) is 11.2. The number of nitrogens with one attached hydrogen (secondary N) is 1. The number of hydrogen-bond donors (Lipinski definition) is 2. The maximum absolute atomic E-state index is 11.9. The molecule has 2 aliphatic rings. The Bertz CT molecular complexity index is 363. The third-order valence-electron chi connectivity index (χ3n) is 3.46. The Hall–Kier alpha value is -1.38. The minimum absolute atomic E-state index is 0.189. The Balaban J connectivity index is 1.81. The number of amides is 3. The van der Waals surface area contributed by atoms with Crippen LogP contribution in [0.3, 0.4) is 0 Å². The number of carbonyl (C=O) groups is 2. The molecule has 2 heterocycles. The minimum atomic E-state index is -0.555. The third-order valence-corrected chi connectivity index (χ3v) is 3.46. The number of carbonyl (C=O) groups excluding carboxylic acids is 2. The lowest BCUT2D eigenvalue weighted by Gasteiger charge is -2.28. The standard InChI is InChI=1S/C11H20N4O4/c1-13(2)5-6-19-12-10(16)9-4-3-8-7-14(9)11(17)15(8)18/h8-9,18H,3-7H2,1-2H3,(H,12,16)/t8-,9+/m1/s1. The molecule has 8 heteroatoms. The first-order chi connectivity index (χ1) is 9.00. The van der Waals surface area contributed by atoms with Crippen LogP contribution in [0.2, 0.25) is 0 Å². The van der Waals surface area contributed by atoms with Gasteiger partial charge < -0.3 is 9.80 Å². The lowest BCUT2D eigenvalue weighted by molar-refractivity contribution is -0.139. The van der Waals surface area contributed by atoms with E-state index < -0.39 is 12.1 Å². The normalized spacial score (nSPS) is 26.2. The van der Waals surface area contributed by atoms with Crippen molar-refractivity contribution >= 4 is 11.9 Å².